The number of nitrogens with zero attached hydrogens (tertiary/aromatic N) is 3. The lowest BCUT2D eigenvalue weighted by atomic mass is 10.1. The van der Waals surface area contributed by atoms with E-state index >= 15 is 0 Å². The Hall–Kier alpha value is -2.21. The minimum absolute atomic E-state index is 0.0252. The maximum atomic E-state index is 11.3. The molecule has 1 aliphatic rings. The molecule has 2 N–H and O–H groups in total. The molecule has 2 aromatic rings. The molecule has 0 spiro atoms. The van der Waals surface area contributed by atoms with Crippen molar-refractivity contribution in [3.8, 4) is 0 Å². The molecule has 0 atom stereocenters. The first-order valence-corrected chi connectivity index (χ1v) is 7.09. The Morgan fingerprint density at radius 1 is 1.38 bits per heavy atom. The number of carboxylic acid groups (broad SMARTS) is 1. The zero-order valence-electron chi connectivity index (χ0n) is 11.9. The molecular formula is C15H18N4O2. The molecule has 6 heteroatoms. The molecule has 6 nitrogen and oxygen atoms in total. The van der Waals surface area contributed by atoms with Gasteiger partial charge in [-0.1, -0.05) is 18.2 Å². The van der Waals surface area contributed by atoms with Gasteiger partial charge in [0.1, 0.15) is 0 Å². The van der Waals surface area contributed by atoms with Crippen molar-refractivity contribution >= 4 is 22.6 Å². The predicted molar refractivity (Wildman–Crippen MR) is 80.6 cm³/mol. The van der Waals surface area contributed by atoms with E-state index in [0.717, 1.165) is 11.9 Å². The van der Waals surface area contributed by atoms with E-state index in [1.165, 1.54) is 12.8 Å². The molecule has 1 aromatic heterocycles. The van der Waals surface area contributed by atoms with Gasteiger partial charge in [-0.05, 0) is 26.0 Å². The molecule has 0 bridgehead atoms. The minimum Gasteiger partial charge on any atom is -0.476 e. The number of aromatic carboxylic acids is 1. The summed E-state index contributed by atoms with van der Waals surface area (Å²) in [6, 6.07) is 8.12. The molecule has 1 fully saturated rings. The van der Waals surface area contributed by atoms with Gasteiger partial charge in [-0.2, -0.15) is 0 Å². The Morgan fingerprint density at radius 2 is 2.14 bits per heavy atom. The van der Waals surface area contributed by atoms with Crippen molar-refractivity contribution in [2.45, 2.75) is 18.9 Å². The third kappa shape index (κ3) is 2.95. The first-order valence-electron chi connectivity index (χ1n) is 7.09. The van der Waals surface area contributed by atoms with Crippen LogP contribution in [0.15, 0.2) is 24.3 Å². The van der Waals surface area contributed by atoms with Crippen molar-refractivity contribution < 1.29 is 9.90 Å². The summed E-state index contributed by atoms with van der Waals surface area (Å²) >= 11 is 0. The van der Waals surface area contributed by atoms with Crippen LogP contribution in [0.3, 0.4) is 0 Å². The fourth-order valence-corrected chi connectivity index (χ4v) is 2.44. The van der Waals surface area contributed by atoms with E-state index in [9.17, 15) is 9.90 Å². The van der Waals surface area contributed by atoms with Crippen molar-refractivity contribution in [3.63, 3.8) is 0 Å². The van der Waals surface area contributed by atoms with Crippen LogP contribution in [-0.4, -0.2) is 52.4 Å². The largest absolute Gasteiger partial charge is 0.476 e. The van der Waals surface area contributed by atoms with Crippen molar-refractivity contribution in [1.82, 2.24) is 15.1 Å². The van der Waals surface area contributed by atoms with Gasteiger partial charge in [-0.15, -0.1) is 10.2 Å². The van der Waals surface area contributed by atoms with Crippen LogP contribution in [0.2, 0.25) is 0 Å². The first kappa shape index (κ1) is 13.8. The number of rotatable bonds is 6. The predicted octanol–water partition coefficient (Wildman–Crippen LogP) is 1.83. The number of aromatic nitrogens is 2. The van der Waals surface area contributed by atoms with Crippen LogP contribution in [-0.2, 0) is 0 Å². The number of carbonyl (C=O) groups is 1. The van der Waals surface area contributed by atoms with Gasteiger partial charge in [0.2, 0.25) is 0 Å². The van der Waals surface area contributed by atoms with Crippen molar-refractivity contribution in [3.05, 3.63) is 30.0 Å². The molecular weight excluding hydrogens is 268 g/mol. The molecule has 1 heterocycles. The highest BCUT2D eigenvalue weighted by Crippen LogP contribution is 2.26. The smallest absolute Gasteiger partial charge is 0.358 e. The second-order valence-electron chi connectivity index (χ2n) is 5.38. The maximum Gasteiger partial charge on any atom is 0.358 e. The minimum atomic E-state index is -1.06. The zero-order chi connectivity index (χ0) is 14.8. The van der Waals surface area contributed by atoms with Gasteiger partial charge < -0.3 is 15.3 Å². The molecule has 3 rings (SSSR count). The topological polar surface area (TPSA) is 78.4 Å². The molecule has 0 amide bonds. The molecule has 0 unspecified atom stereocenters. The van der Waals surface area contributed by atoms with Gasteiger partial charge >= 0.3 is 5.97 Å². The van der Waals surface area contributed by atoms with Gasteiger partial charge in [-0.25, -0.2) is 4.79 Å². The average molecular weight is 286 g/mol. The Balaban J connectivity index is 1.83. The normalized spacial score (nSPS) is 14.6. The number of fused-ring (bicyclic) bond motifs is 1. The van der Waals surface area contributed by atoms with Gasteiger partial charge in [-0.3, -0.25) is 0 Å². The molecule has 110 valence electrons. The maximum absolute atomic E-state index is 11.3. The summed E-state index contributed by atoms with van der Waals surface area (Å²) < 4.78 is 0. The molecule has 0 aliphatic heterocycles. The van der Waals surface area contributed by atoms with Crippen molar-refractivity contribution in [1.29, 1.82) is 0 Å². The summed E-state index contributed by atoms with van der Waals surface area (Å²) in [5.41, 5.74) is 1.22. The summed E-state index contributed by atoms with van der Waals surface area (Å²) in [7, 11) is 2.10. The number of benzene rings is 1. The third-order valence-electron chi connectivity index (χ3n) is 3.81. The van der Waals surface area contributed by atoms with E-state index in [1.807, 2.05) is 24.3 Å². The summed E-state index contributed by atoms with van der Waals surface area (Å²) in [6.07, 6.45) is 2.52. The standard InChI is InChI=1S/C15H18N4O2/c1-19(10-6-7-10)9-8-16-13-11-4-2-3-5-12(11)17-18-14(13)15(20)21/h2-5,10H,6-9H2,1H3,(H,16,17)(H,20,21). The van der Waals surface area contributed by atoms with Crippen LogP contribution < -0.4 is 5.32 Å². The molecule has 0 radical (unpaired) electrons. The van der Waals surface area contributed by atoms with E-state index in [4.69, 9.17) is 0 Å². The van der Waals surface area contributed by atoms with Crippen molar-refractivity contribution in [2.24, 2.45) is 0 Å². The Morgan fingerprint density at radius 3 is 2.86 bits per heavy atom. The Labute approximate surface area is 122 Å². The molecule has 1 saturated carbocycles. The monoisotopic (exact) mass is 286 g/mol. The highest BCUT2D eigenvalue weighted by molar-refractivity contribution is 6.02. The lowest BCUT2D eigenvalue weighted by Crippen LogP contribution is -2.27. The SMILES string of the molecule is CN(CCNc1c(C(=O)O)nnc2ccccc12)C1CC1. The summed E-state index contributed by atoms with van der Waals surface area (Å²) in [6.45, 7) is 1.56. The molecule has 1 aliphatic carbocycles. The summed E-state index contributed by atoms with van der Waals surface area (Å²) in [5, 5.41) is 21.1. The molecule has 1 aromatic carbocycles. The summed E-state index contributed by atoms with van der Waals surface area (Å²) in [5.74, 6) is -1.06. The van der Waals surface area contributed by atoms with Crippen LogP contribution in [0.1, 0.15) is 23.3 Å². The fraction of sp³-hybridized carbons (Fsp3) is 0.400. The van der Waals surface area contributed by atoms with Gasteiger partial charge in [0.15, 0.2) is 5.69 Å². The summed E-state index contributed by atoms with van der Waals surface area (Å²) in [4.78, 5) is 13.6. The van der Waals surface area contributed by atoms with Gasteiger partial charge in [0, 0.05) is 24.5 Å². The van der Waals surface area contributed by atoms with Gasteiger partial charge in [0.05, 0.1) is 11.2 Å². The second-order valence-corrected chi connectivity index (χ2v) is 5.38. The van der Waals surface area contributed by atoms with E-state index in [2.05, 4.69) is 27.5 Å². The fourth-order valence-electron chi connectivity index (χ4n) is 2.44. The Bertz CT molecular complexity index is 670. The third-order valence-corrected chi connectivity index (χ3v) is 3.81. The number of carboxylic acids is 1. The lowest BCUT2D eigenvalue weighted by Gasteiger charge is -2.17. The van der Waals surface area contributed by atoms with E-state index in [0.29, 0.717) is 23.8 Å². The van der Waals surface area contributed by atoms with E-state index in [1.54, 1.807) is 0 Å². The Kier molecular flexibility index (Phi) is 3.70. The molecule has 21 heavy (non-hydrogen) atoms. The van der Waals surface area contributed by atoms with Crippen LogP contribution >= 0.6 is 0 Å². The van der Waals surface area contributed by atoms with Gasteiger partial charge in [0.25, 0.3) is 0 Å². The highest BCUT2D eigenvalue weighted by atomic mass is 16.4. The van der Waals surface area contributed by atoms with Crippen LogP contribution in [0, 0.1) is 0 Å². The van der Waals surface area contributed by atoms with E-state index in [-0.39, 0.29) is 5.69 Å². The van der Waals surface area contributed by atoms with Crippen LogP contribution in [0.4, 0.5) is 5.69 Å². The van der Waals surface area contributed by atoms with Crippen molar-refractivity contribution in [2.75, 3.05) is 25.5 Å². The first-order chi connectivity index (χ1) is 10.2. The quantitative estimate of drug-likeness (QED) is 0.843. The average Bonchev–Trinajstić information content (AvgIpc) is 3.31. The van der Waals surface area contributed by atoms with E-state index < -0.39 is 5.97 Å². The number of hydrogen-bond acceptors (Lipinski definition) is 5. The van der Waals surface area contributed by atoms with Crippen LogP contribution in [0.25, 0.3) is 10.9 Å². The highest BCUT2D eigenvalue weighted by Gasteiger charge is 2.25. The second kappa shape index (κ2) is 5.65. The zero-order valence-corrected chi connectivity index (χ0v) is 11.9. The number of nitrogens with one attached hydrogen (secondary N) is 1. The lowest BCUT2D eigenvalue weighted by molar-refractivity contribution is 0.0690. The number of hydrogen-bond donors (Lipinski definition) is 2. The number of likely N-dealkylation sites (N-methyl/N-ethyl adjacent to an activating group) is 1. The molecule has 0 saturated heterocycles. The van der Waals surface area contributed by atoms with Crippen LogP contribution in [0.5, 0.6) is 0 Å². The number of anilines is 1.